The van der Waals surface area contributed by atoms with Gasteiger partial charge in [0.2, 0.25) is 0 Å². The number of urea groups is 2. The topological polar surface area (TPSA) is 315 Å². The summed E-state index contributed by atoms with van der Waals surface area (Å²) < 4.78 is 39.7. The fourth-order valence-corrected chi connectivity index (χ4v) is 7.07. The molecule has 2 aliphatic heterocycles. The molecule has 2 unspecified atom stereocenters. The number of nitrogens with zero attached hydrogens (tertiary/aromatic N) is 10. The van der Waals surface area contributed by atoms with Gasteiger partial charge in [0.25, 0.3) is 0 Å². The number of fused-ring (bicyclic) bond motifs is 1. The minimum absolute atomic E-state index is 0.122. The molecule has 2 aromatic rings. The molecule has 4 rings (SSSR count). The number of ether oxygens (including phenoxy) is 7. The van der Waals surface area contributed by atoms with Crippen LogP contribution < -0.4 is 34.1 Å². The molecule has 0 spiro atoms. The second kappa shape index (κ2) is 24.7. The van der Waals surface area contributed by atoms with Gasteiger partial charge < -0.3 is 38.3 Å². The minimum atomic E-state index is -1.16. The van der Waals surface area contributed by atoms with Crippen molar-refractivity contribution in [2.24, 2.45) is 0 Å². The van der Waals surface area contributed by atoms with Gasteiger partial charge in [-0.25, -0.2) is 65.8 Å². The van der Waals surface area contributed by atoms with Crippen LogP contribution in [0.15, 0.2) is 28.8 Å². The number of methoxy groups -OCH3 is 4. The maximum absolute atomic E-state index is 13.5. The van der Waals surface area contributed by atoms with E-state index in [4.69, 9.17) is 28.4 Å². The highest BCUT2D eigenvalue weighted by Gasteiger charge is 2.59. The first-order valence-corrected chi connectivity index (χ1v) is 20.7. The summed E-state index contributed by atoms with van der Waals surface area (Å²) in [4.78, 5) is 149. The first-order valence-electron chi connectivity index (χ1n) is 20.7. The Labute approximate surface area is 374 Å². The molecule has 2 saturated heterocycles. The van der Waals surface area contributed by atoms with Crippen molar-refractivity contribution < 1.29 is 62.2 Å². The van der Waals surface area contributed by atoms with Gasteiger partial charge >= 0.3 is 64.1 Å². The molecular formula is C37H56N10O19. The highest BCUT2D eigenvalue weighted by Crippen LogP contribution is 2.34. The molecule has 0 bridgehead atoms. The zero-order valence-electron chi connectivity index (χ0n) is 37.4. The minimum Gasteiger partial charge on any atom is -0.469 e. The average Bonchev–Trinajstić information content (AvgIpc) is 3.70. The third-order valence-electron chi connectivity index (χ3n) is 10.3. The van der Waals surface area contributed by atoms with E-state index in [1.807, 2.05) is 6.92 Å². The average molecular weight is 945 g/mol. The van der Waals surface area contributed by atoms with Gasteiger partial charge in [0.15, 0.2) is 12.3 Å². The molecule has 0 saturated carbocycles. The van der Waals surface area contributed by atoms with Crippen molar-refractivity contribution in [2.45, 2.75) is 90.6 Å². The summed E-state index contributed by atoms with van der Waals surface area (Å²) in [5, 5.41) is 9.60. The van der Waals surface area contributed by atoms with Gasteiger partial charge in [-0.05, 0) is 6.42 Å². The highest BCUT2D eigenvalue weighted by molar-refractivity contribution is 5.85. The quantitative estimate of drug-likeness (QED) is 0.0477. The van der Waals surface area contributed by atoms with E-state index in [9.17, 15) is 57.8 Å². The molecular weight excluding hydrogens is 888 g/mol. The Balaban J connectivity index is 1.47. The molecule has 29 nitrogen and oxygen atoms in total. The van der Waals surface area contributed by atoms with Crippen LogP contribution in [0.5, 0.6) is 0 Å². The standard InChI is InChI=1S/C37H56N10O19/c1-6-7-18-65-26(50)9-12-39-30(52)38(11-8-25(49)63-5)31(53)40(32(39)54)13-10-27(51)66-20-16-43-34(56)41(14-17-48)33(55)42(35(43)57)15-19-64-24-47-29-28(45(22-61-3)37(47)59)44(21-60-2)36(58)46(29)23-62-4/h28-29,48H,6-24H2,1-5H3. The largest absolute Gasteiger partial charge is 0.469 e. The summed E-state index contributed by atoms with van der Waals surface area (Å²) in [6.07, 6.45) is -1.92. The predicted molar refractivity (Wildman–Crippen MR) is 220 cm³/mol. The van der Waals surface area contributed by atoms with Crippen molar-refractivity contribution in [1.82, 2.24) is 47.0 Å². The Morgan fingerprint density at radius 2 is 0.818 bits per heavy atom. The van der Waals surface area contributed by atoms with Gasteiger partial charge in [-0.1, -0.05) is 13.3 Å². The summed E-state index contributed by atoms with van der Waals surface area (Å²) in [7, 11) is 5.20. The van der Waals surface area contributed by atoms with Crippen molar-refractivity contribution >= 4 is 30.0 Å². The van der Waals surface area contributed by atoms with Crippen LogP contribution in [0, 0.1) is 0 Å². The normalized spacial score (nSPS) is 15.8. The van der Waals surface area contributed by atoms with E-state index < -0.39 is 155 Å². The molecule has 4 amide bonds. The number of aliphatic hydroxyl groups excluding tert-OH is 1. The molecule has 2 aliphatic rings. The number of aromatic nitrogens is 6. The lowest BCUT2D eigenvalue weighted by atomic mass is 10.3. The van der Waals surface area contributed by atoms with Gasteiger partial charge in [-0.3, -0.25) is 34.0 Å². The van der Waals surface area contributed by atoms with Crippen LogP contribution in [0.1, 0.15) is 39.0 Å². The molecule has 0 radical (unpaired) electrons. The van der Waals surface area contributed by atoms with E-state index in [1.54, 1.807) is 0 Å². The molecule has 2 atom stereocenters. The second-order valence-corrected chi connectivity index (χ2v) is 14.5. The third kappa shape index (κ3) is 11.9. The molecule has 1 N–H and O–H groups in total. The number of amides is 4. The fraction of sp³-hybridized carbons (Fsp3) is 0.703. The lowest BCUT2D eigenvalue weighted by Crippen LogP contribution is -2.55. The fourth-order valence-electron chi connectivity index (χ4n) is 7.07. The number of carbonyl (C=O) groups is 5. The van der Waals surface area contributed by atoms with E-state index in [2.05, 4.69) is 4.74 Å². The summed E-state index contributed by atoms with van der Waals surface area (Å²) in [6.45, 7) is -3.88. The van der Waals surface area contributed by atoms with E-state index >= 15 is 0 Å². The van der Waals surface area contributed by atoms with Crippen LogP contribution in [-0.2, 0) is 86.8 Å². The maximum Gasteiger partial charge on any atom is 0.336 e. The summed E-state index contributed by atoms with van der Waals surface area (Å²) in [5.74, 6) is -2.50. The lowest BCUT2D eigenvalue weighted by Gasteiger charge is -2.28. The number of hydrogen-bond donors (Lipinski definition) is 1. The van der Waals surface area contributed by atoms with Crippen molar-refractivity contribution in [1.29, 1.82) is 0 Å². The van der Waals surface area contributed by atoms with Crippen molar-refractivity contribution in [3.8, 4) is 0 Å². The number of aliphatic hydroxyl groups is 1. The summed E-state index contributed by atoms with van der Waals surface area (Å²) in [6, 6.07) is -1.07. The number of rotatable bonds is 28. The Morgan fingerprint density at radius 3 is 1.20 bits per heavy atom. The molecule has 368 valence electrons. The van der Waals surface area contributed by atoms with Crippen LogP contribution >= 0.6 is 0 Å². The Bertz CT molecular complexity index is 2420. The Kier molecular flexibility index (Phi) is 19.6. The zero-order valence-corrected chi connectivity index (χ0v) is 37.4. The molecule has 2 fully saturated rings. The van der Waals surface area contributed by atoms with Gasteiger partial charge in [-0.2, -0.15) is 0 Å². The van der Waals surface area contributed by atoms with Crippen LogP contribution in [0.4, 0.5) is 9.59 Å². The highest BCUT2D eigenvalue weighted by atomic mass is 16.5. The number of esters is 3. The summed E-state index contributed by atoms with van der Waals surface area (Å²) >= 11 is 0. The Hall–Kier alpha value is -6.43. The Morgan fingerprint density at radius 1 is 0.470 bits per heavy atom. The van der Waals surface area contributed by atoms with Gasteiger partial charge in [-0.15, -0.1) is 0 Å². The molecule has 0 aromatic carbocycles. The maximum atomic E-state index is 13.5. The van der Waals surface area contributed by atoms with Gasteiger partial charge in [0, 0.05) is 41.0 Å². The van der Waals surface area contributed by atoms with Crippen molar-refractivity contribution in [2.75, 3.05) is 81.8 Å². The van der Waals surface area contributed by atoms with E-state index in [-0.39, 0.29) is 33.4 Å². The molecule has 0 aliphatic carbocycles. The predicted octanol–water partition coefficient (Wildman–Crippen LogP) is -4.51. The third-order valence-corrected chi connectivity index (χ3v) is 10.3. The van der Waals surface area contributed by atoms with E-state index in [0.29, 0.717) is 33.8 Å². The molecule has 29 heteroatoms. The first-order chi connectivity index (χ1) is 31.6. The SMILES string of the molecule is CCCCOC(=O)CCn1c(=O)n(CCC(=O)OC)c(=O)n(CCC(=O)OCCn2c(=O)n(CCO)c(=O)n(CCOCN3C(=O)N(COC)C4C3N(COC)C(=O)N4COC)c2=O)c1=O. The number of hydrogen-bond acceptors (Lipinski definition) is 19. The van der Waals surface area contributed by atoms with Crippen LogP contribution in [-0.4, -0.2) is 176 Å². The smallest absolute Gasteiger partial charge is 0.336 e. The van der Waals surface area contributed by atoms with E-state index in [1.165, 1.54) is 40.9 Å². The van der Waals surface area contributed by atoms with Crippen LogP contribution in [0.25, 0.3) is 0 Å². The van der Waals surface area contributed by atoms with Crippen LogP contribution in [0.2, 0.25) is 0 Å². The van der Waals surface area contributed by atoms with E-state index in [0.717, 1.165) is 13.5 Å². The first kappa shape index (κ1) is 52.2. The molecule has 66 heavy (non-hydrogen) atoms. The second-order valence-electron chi connectivity index (χ2n) is 14.5. The monoisotopic (exact) mass is 944 g/mol. The van der Waals surface area contributed by atoms with Gasteiger partial charge in [0.05, 0.1) is 65.8 Å². The number of carbonyl (C=O) groups excluding carboxylic acids is 5. The van der Waals surface area contributed by atoms with Gasteiger partial charge in [0.1, 0.15) is 33.5 Å². The number of unbranched alkanes of at least 4 members (excludes halogenated alkanes) is 1. The van der Waals surface area contributed by atoms with Crippen LogP contribution in [0.3, 0.4) is 0 Å². The molecule has 4 heterocycles. The zero-order chi connectivity index (χ0) is 48.7. The molecule has 2 aromatic heterocycles. The summed E-state index contributed by atoms with van der Waals surface area (Å²) in [5.41, 5.74) is -6.81. The lowest BCUT2D eigenvalue weighted by molar-refractivity contribution is -0.145. The van der Waals surface area contributed by atoms with Crippen molar-refractivity contribution in [3.05, 3.63) is 62.9 Å². The van der Waals surface area contributed by atoms with Crippen molar-refractivity contribution in [3.63, 3.8) is 0 Å².